The number of rotatable bonds is 6. The van der Waals surface area contributed by atoms with Gasteiger partial charge in [0.2, 0.25) is 0 Å². The molecule has 2 N–H and O–H groups in total. The predicted octanol–water partition coefficient (Wildman–Crippen LogP) is 2.00. The molecule has 1 saturated heterocycles. The van der Waals surface area contributed by atoms with Crippen LogP contribution in [0.4, 0.5) is 0 Å². The number of likely N-dealkylation sites (tertiary alicyclic amines) is 1. The Morgan fingerprint density at radius 3 is 2.71 bits per heavy atom. The minimum atomic E-state index is -0.536. The van der Waals surface area contributed by atoms with Gasteiger partial charge in [0, 0.05) is 12.6 Å². The second kappa shape index (κ2) is 7.34. The van der Waals surface area contributed by atoms with Crippen LogP contribution in [0, 0.1) is 0 Å². The van der Waals surface area contributed by atoms with E-state index in [1.54, 1.807) is 0 Å². The molecule has 1 aliphatic heterocycles. The van der Waals surface area contributed by atoms with Crippen LogP contribution in [0.3, 0.4) is 0 Å². The van der Waals surface area contributed by atoms with Gasteiger partial charge in [0.15, 0.2) is 0 Å². The van der Waals surface area contributed by atoms with Crippen molar-refractivity contribution in [1.29, 1.82) is 0 Å². The van der Waals surface area contributed by atoms with Crippen molar-refractivity contribution < 1.29 is 5.11 Å². The summed E-state index contributed by atoms with van der Waals surface area (Å²) in [6.45, 7) is 10.6. The largest absolute Gasteiger partial charge is 0.389 e. The number of nitrogens with one attached hydrogen (secondary N) is 1. The average molecular weight is 242 g/mol. The Labute approximate surface area is 107 Å². The first-order valence-electron chi connectivity index (χ1n) is 7.25. The van der Waals surface area contributed by atoms with Gasteiger partial charge >= 0.3 is 0 Å². The highest BCUT2D eigenvalue weighted by atomic mass is 16.3. The summed E-state index contributed by atoms with van der Waals surface area (Å²) < 4.78 is 0. The molecule has 0 aromatic heterocycles. The third-order valence-electron chi connectivity index (χ3n) is 3.83. The molecule has 0 amide bonds. The van der Waals surface area contributed by atoms with Crippen LogP contribution in [-0.2, 0) is 0 Å². The summed E-state index contributed by atoms with van der Waals surface area (Å²) in [6.07, 6.45) is 5.67. The molecule has 1 heterocycles. The second-order valence-corrected chi connectivity index (χ2v) is 5.69. The van der Waals surface area contributed by atoms with Gasteiger partial charge in [0.25, 0.3) is 0 Å². The average Bonchev–Trinajstić information content (AvgIpc) is 2.51. The highest BCUT2D eigenvalue weighted by molar-refractivity contribution is 4.80. The van der Waals surface area contributed by atoms with E-state index in [9.17, 15) is 5.11 Å². The monoisotopic (exact) mass is 242 g/mol. The van der Waals surface area contributed by atoms with Gasteiger partial charge in [0.1, 0.15) is 0 Å². The summed E-state index contributed by atoms with van der Waals surface area (Å²) in [5, 5.41) is 13.7. The molecule has 0 aromatic carbocycles. The van der Waals surface area contributed by atoms with Crippen molar-refractivity contribution in [3.8, 4) is 0 Å². The molecular weight excluding hydrogens is 212 g/mol. The number of hydrogen-bond donors (Lipinski definition) is 2. The summed E-state index contributed by atoms with van der Waals surface area (Å²) >= 11 is 0. The van der Waals surface area contributed by atoms with E-state index in [0.717, 1.165) is 19.4 Å². The molecule has 102 valence electrons. The maximum atomic E-state index is 10.1. The Kier molecular flexibility index (Phi) is 6.45. The van der Waals surface area contributed by atoms with Crippen LogP contribution in [0.2, 0.25) is 0 Å². The zero-order chi connectivity index (χ0) is 12.7. The van der Waals surface area contributed by atoms with Crippen molar-refractivity contribution in [3.63, 3.8) is 0 Å². The van der Waals surface area contributed by atoms with Gasteiger partial charge in [0.05, 0.1) is 5.60 Å². The Morgan fingerprint density at radius 2 is 2.06 bits per heavy atom. The smallest absolute Gasteiger partial charge is 0.0743 e. The van der Waals surface area contributed by atoms with Crippen LogP contribution in [0.5, 0.6) is 0 Å². The molecule has 3 heteroatoms. The lowest BCUT2D eigenvalue weighted by atomic mass is 9.99. The zero-order valence-corrected chi connectivity index (χ0v) is 11.8. The number of aliphatic hydroxyl groups is 1. The fraction of sp³-hybridized carbons (Fsp3) is 1.00. The van der Waals surface area contributed by atoms with Gasteiger partial charge in [-0.15, -0.1) is 0 Å². The second-order valence-electron chi connectivity index (χ2n) is 5.69. The number of hydrogen-bond acceptors (Lipinski definition) is 3. The quantitative estimate of drug-likeness (QED) is 0.748. The maximum absolute atomic E-state index is 10.1. The predicted molar refractivity (Wildman–Crippen MR) is 73.3 cm³/mol. The molecule has 1 rings (SSSR count). The lowest BCUT2D eigenvalue weighted by molar-refractivity contribution is 0.0466. The van der Waals surface area contributed by atoms with Crippen molar-refractivity contribution in [3.05, 3.63) is 0 Å². The molecular formula is C14H30N2O. The maximum Gasteiger partial charge on any atom is 0.0743 e. The van der Waals surface area contributed by atoms with Crippen molar-refractivity contribution >= 4 is 0 Å². The summed E-state index contributed by atoms with van der Waals surface area (Å²) in [5.41, 5.74) is -0.536. The van der Waals surface area contributed by atoms with Crippen LogP contribution >= 0.6 is 0 Å². The van der Waals surface area contributed by atoms with Crippen LogP contribution in [-0.4, -0.2) is 47.8 Å². The van der Waals surface area contributed by atoms with Gasteiger partial charge in [-0.05, 0) is 52.2 Å². The molecule has 1 fully saturated rings. The van der Waals surface area contributed by atoms with Crippen LogP contribution < -0.4 is 5.32 Å². The van der Waals surface area contributed by atoms with Gasteiger partial charge < -0.3 is 15.3 Å². The summed E-state index contributed by atoms with van der Waals surface area (Å²) in [7, 11) is 0. The molecule has 17 heavy (non-hydrogen) atoms. The van der Waals surface area contributed by atoms with E-state index in [1.807, 2.05) is 6.92 Å². The van der Waals surface area contributed by atoms with Crippen LogP contribution in [0.25, 0.3) is 0 Å². The molecule has 0 saturated carbocycles. The fourth-order valence-electron chi connectivity index (χ4n) is 2.67. The molecule has 3 nitrogen and oxygen atoms in total. The SMILES string of the molecule is CCCC(C)(O)CNC1CCCN(CC)CC1. The molecule has 0 bridgehead atoms. The van der Waals surface area contributed by atoms with Gasteiger partial charge in [-0.2, -0.15) is 0 Å². The normalized spacial score (nSPS) is 26.5. The van der Waals surface area contributed by atoms with Crippen molar-refractivity contribution in [2.45, 2.75) is 64.5 Å². The van der Waals surface area contributed by atoms with E-state index < -0.39 is 5.60 Å². The molecule has 0 spiro atoms. The fourth-order valence-corrected chi connectivity index (χ4v) is 2.67. The lowest BCUT2D eigenvalue weighted by Gasteiger charge is -2.26. The van der Waals surface area contributed by atoms with E-state index in [2.05, 4.69) is 24.1 Å². The Morgan fingerprint density at radius 1 is 1.29 bits per heavy atom. The Balaban J connectivity index is 2.27. The minimum Gasteiger partial charge on any atom is -0.389 e. The van der Waals surface area contributed by atoms with E-state index in [4.69, 9.17) is 0 Å². The summed E-state index contributed by atoms with van der Waals surface area (Å²) in [4.78, 5) is 2.52. The Bertz CT molecular complexity index is 206. The summed E-state index contributed by atoms with van der Waals surface area (Å²) in [5.74, 6) is 0. The van der Waals surface area contributed by atoms with Gasteiger partial charge in [-0.3, -0.25) is 0 Å². The van der Waals surface area contributed by atoms with E-state index >= 15 is 0 Å². The molecule has 0 aliphatic carbocycles. The lowest BCUT2D eigenvalue weighted by Crippen LogP contribution is -2.42. The van der Waals surface area contributed by atoms with Gasteiger partial charge in [-0.25, -0.2) is 0 Å². The van der Waals surface area contributed by atoms with E-state index in [-0.39, 0.29) is 0 Å². The first-order valence-corrected chi connectivity index (χ1v) is 7.25. The minimum absolute atomic E-state index is 0.536. The molecule has 2 unspecified atom stereocenters. The van der Waals surface area contributed by atoms with Crippen molar-refractivity contribution in [2.24, 2.45) is 0 Å². The molecule has 1 aliphatic rings. The van der Waals surface area contributed by atoms with Crippen LogP contribution in [0.15, 0.2) is 0 Å². The zero-order valence-electron chi connectivity index (χ0n) is 11.8. The molecule has 0 radical (unpaired) electrons. The Hall–Kier alpha value is -0.120. The van der Waals surface area contributed by atoms with Crippen molar-refractivity contribution in [2.75, 3.05) is 26.2 Å². The molecule has 2 atom stereocenters. The third-order valence-corrected chi connectivity index (χ3v) is 3.83. The van der Waals surface area contributed by atoms with E-state index in [1.165, 1.54) is 38.9 Å². The highest BCUT2D eigenvalue weighted by Gasteiger charge is 2.22. The third kappa shape index (κ3) is 5.84. The van der Waals surface area contributed by atoms with Crippen molar-refractivity contribution in [1.82, 2.24) is 10.2 Å². The summed E-state index contributed by atoms with van der Waals surface area (Å²) in [6, 6.07) is 0.592. The van der Waals surface area contributed by atoms with Gasteiger partial charge in [-0.1, -0.05) is 20.3 Å². The standard InChI is InChI=1S/C14H30N2O/c1-4-9-14(3,17)12-15-13-7-6-10-16(5-2)11-8-13/h13,15,17H,4-12H2,1-3H3. The number of nitrogens with zero attached hydrogens (tertiary/aromatic N) is 1. The van der Waals surface area contributed by atoms with Crippen LogP contribution in [0.1, 0.15) is 52.9 Å². The highest BCUT2D eigenvalue weighted by Crippen LogP contribution is 2.14. The molecule has 0 aromatic rings. The topological polar surface area (TPSA) is 35.5 Å². The van der Waals surface area contributed by atoms with E-state index in [0.29, 0.717) is 6.04 Å². The first kappa shape index (κ1) is 14.9. The first-order chi connectivity index (χ1) is 8.07.